The molecule has 0 aliphatic rings. The molecule has 0 N–H and O–H groups in total. The monoisotopic (exact) mass is 356 g/mol. The Hall–Kier alpha value is 0.969. The van der Waals surface area contributed by atoms with E-state index >= 15 is 0 Å². The minimum absolute atomic E-state index is 0. The summed E-state index contributed by atoms with van der Waals surface area (Å²) in [6, 6.07) is 20.0. The Morgan fingerprint density at radius 1 is 0.500 bits per heavy atom. The van der Waals surface area contributed by atoms with E-state index in [2.05, 4.69) is 0 Å². The summed E-state index contributed by atoms with van der Waals surface area (Å²) in [5.41, 5.74) is 0. The quantitative estimate of drug-likeness (QED) is 0.502. The van der Waals surface area contributed by atoms with Crippen LogP contribution in [0.5, 0.6) is 0 Å². The van der Waals surface area contributed by atoms with Gasteiger partial charge in [-0.25, -0.2) is 12.1 Å². The molecule has 0 aromatic heterocycles. The van der Waals surface area contributed by atoms with Crippen molar-refractivity contribution in [3.8, 4) is 0 Å². The molecule has 0 radical (unpaired) electrons. The Labute approximate surface area is 144 Å². The van der Waals surface area contributed by atoms with E-state index in [0.29, 0.717) is 0 Å². The minimum atomic E-state index is 0. The van der Waals surface area contributed by atoms with Crippen molar-refractivity contribution in [1.82, 2.24) is 0 Å². The van der Waals surface area contributed by atoms with Crippen molar-refractivity contribution < 1.29 is 17.1 Å². The molecule has 0 saturated carbocycles. The van der Waals surface area contributed by atoms with Gasteiger partial charge < -0.3 is 30.3 Å². The van der Waals surface area contributed by atoms with Gasteiger partial charge in [-0.3, -0.25) is 0 Å². The van der Waals surface area contributed by atoms with Crippen LogP contribution in [-0.2, 0) is 17.1 Å². The van der Waals surface area contributed by atoms with Crippen molar-refractivity contribution in [2.24, 2.45) is 0 Å². The normalized spacial score (nSPS) is 5.00. The Bertz CT molecular complexity index is 158. The molecule has 0 unspecified atom stereocenters. The van der Waals surface area contributed by atoms with Crippen LogP contribution in [0.15, 0.2) is 60.7 Å². The molecule has 0 fully saturated rings. The average Bonchev–Trinajstić information content (AvgIpc) is 2.67. The van der Waals surface area contributed by atoms with E-state index in [9.17, 15) is 0 Å². The first kappa shape index (κ1) is 36.0. The summed E-state index contributed by atoms with van der Waals surface area (Å²) >= 11 is 0. The summed E-state index contributed by atoms with van der Waals surface area (Å²) in [6.45, 7) is 0. The summed E-state index contributed by atoms with van der Waals surface area (Å²) in [7, 11) is 0. The number of hydrogen-bond donors (Lipinski definition) is 0. The van der Waals surface area contributed by atoms with Gasteiger partial charge in [-0.05, 0) is 0 Å². The van der Waals surface area contributed by atoms with Gasteiger partial charge in [0.2, 0.25) is 0 Å². The Balaban J connectivity index is -0.0000000227. The van der Waals surface area contributed by atoms with Crippen LogP contribution >= 0.6 is 67.5 Å². The molecule has 0 aliphatic carbocycles. The molecule has 2 aromatic carbocycles. The van der Waals surface area contributed by atoms with Crippen LogP contribution in [0.25, 0.3) is 0 Å². The third kappa shape index (κ3) is 24.3. The minimum Gasteiger partial charge on any atom is -0.748 e. The van der Waals surface area contributed by atoms with Crippen LogP contribution in [-0.4, -0.2) is 0 Å². The zero-order chi connectivity index (χ0) is 7.07. The maximum atomic E-state index is 2.00. The van der Waals surface area contributed by atoms with Gasteiger partial charge in [0.15, 0.2) is 0 Å². The van der Waals surface area contributed by atoms with Gasteiger partial charge in [-0.1, -0.05) is 0 Å². The van der Waals surface area contributed by atoms with E-state index in [0.717, 1.165) is 0 Å². The summed E-state index contributed by atoms with van der Waals surface area (Å²) in [5.74, 6) is 0. The standard InChI is InChI=1S/2C5H5.Fe.5H2S/c2*1-2-4-5-3-1;;;;;;/h2*1-5H;;5*1H2/q-5;-1;;;;;;. The van der Waals surface area contributed by atoms with Crippen molar-refractivity contribution in [3.05, 3.63) is 60.7 Å². The zero-order valence-corrected chi connectivity index (χ0v) is 14.7. The van der Waals surface area contributed by atoms with E-state index in [-0.39, 0.29) is 84.5 Å². The van der Waals surface area contributed by atoms with Crippen molar-refractivity contribution >= 4 is 67.5 Å². The Kier molecular flexibility index (Phi) is 66.8. The van der Waals surface area contributed by atoms with Gasteiger partial charge in [-0.2, -0.15) is 85.7 Å². The largest absolute Gasteiger partial charge is 0.748 e. The molecule has 0 saturated heterocycles. The van der Waals surface area contributed by atoms with Gasteiger partial charge in [0.05, 0.1) is 0 Å². The van der Waals surface area contributed by atoms with E-state index in [1.807, 2.05) is 60.7 Å². The SMILES string of the molecule is S.S.S.S.S.[Fe].[cH-]1[cH-][cH-][cH-][cH-]1.c1cc[cH-]c1. The topological polar surface area (TPSA) is 0 Å². The molecule has 0 amide bonds. The van der Waals surface area contributed by atoms with E-state index < -0.39 is 0 Å². The molecule has 6 heteroatoms. The number of rotatable bonds is 0. The first-order chi connectivity index (χ1) is 5.00. The fourth-order valence-electron chi connectivity index (χ4n) is 0.642. The molecule has 2 rings (SSSR count). The molecule has 0 aliphatic heterocycles. The van der Waals surface area contributed by atoms with E-state index in [1.54, 1.807) is 0 Å². The Morgan fingerprint density at radius 3 is 0.875 bits per heavy atom. The maximum Gasteiger partial charge on any atom is 0 e. The van der Waals surface area contributed by atoms with Gasteiger partial charge in [0, 0.05) is 17.1 Å². The van der Waals surface area contributed by atoms with Gasteiger partial charge in [-0.15, -0.1) is 0 Å². The van der Waals surface area contributed by atoms with Crippen LogP contribution in [0.3, 0.4) is 0 Å². The molecule has 0 atom stereocenters. The van der Waals surface area contributed by atoms with Crippen molar-refractivity contribution in [3.63, 3.8) is 0 Å². The molecular formula is C10H20FeS5-6. The first-order valence-electron chi connectivity index (χ1n) is 3.33. The van der Waals surface area contributed by atoms with Crippen LogP contribution in [0.2, 0.25) is 0 Å². The van der Waals surface area contributed by atoms with Crippen LogP contribution in [0.1, 0.15) is 0 Å². The fraction of sp³-hybridized carbons (Fsp3) is 0. The second kappa shape index (κ2) is 29.7. The van der Waals surface area contributed by atoms with Gasteiger partial charge in [0.25, 0.3) is 0 Å². The molecule has 104 valence electrons. The van der Waals surface area contributed by atoms with E-state index in [1.165, 1.54) is 0 Å². The predicted molar refractivity (Wildman–Crippen MR) is 96.0 cm³/mol. The van der Waals surface area contributed by atoms with Gasteiger partial charge in [0.1, 0.15) is 0 Å². The number of hydrogen-bond acceptors (Lipinski definition) is 0. The molecule has 0 heterocycles. The third-order valence-electron chi connectivity index (χ3n) is 1.11. The van der Waals surface area contributed by atoms with Gasteiger partial charge >= 0.3 is 0 Å². The van der Waals surface area contributed by atoms with Crippen molar-refractivity contribution in [1.29, 1.82) is 0 Å². The molecule has 0 spiro atoms. The molecule has 0 bridgehead atoms. The molecule has 2 aromatic rings. The average molecular weight is 356 g/mol. The summed E-state index contributed by atoms with van der Waals surface area (Å²) < 4.78 is 0. The van der Waals surface area contributed by atoms with Crippen LogP contribution in [0, 0.1) is 0 Å². The third-order valence-corrected chi connectivity index (χ3v) is 1.11. The first-order valence-corrected chi connectivity index (χ1v) is 3.33. The predicted octanol–water partition coefficient (Wildman–Crippen LogP) is 3.37. The van der Waals surface area contributed by atoms with Crippen molar-refractivity contribution in [2.75, 3.05) is 0 Å². The van der Waals surface area contributed by atoms with Crippen molar-refractivity contribution in [2.45, 2.75) is 0 Å². The summed E-state index contributed by atoms with van der Waals surface area (Å²) in [5, 5.41) is 0. The second-order valence-corrected chi connectivity index (χ2v) is 1.92. The molecular weight excluding hydrogens is 336 g/mol. The summed E-state index contributed by atoms with van der Waals surface area (Å²) in [6.07, 6.45) is 0. The Morgan fingerprint density at radius 2 is 0.750 bits per heavy atom. The second-order valence-electron chi connectivity index (χ2n) is 1.92. The molecule has 16 heavy (non-hydrogen) atoms. The van der Waals surface area contributed by atoms with Crippen LogP contribution < -0.4 is 0 Å². The molecule has 0 nitrogen and oxygen atoms in total. The maximum absolute atomic E-state index is 2.00. The fourth-order valence-corrected chi connectivity index (χ4v) is 0.642. The summed E-state index contributed by atoms with van der Waals surface area (Å²) in [4.78, 5) is 0. The van der Waals surface area contributed by atoms with Crippen LogP contribution in [0.4, 0.5) is 0 Å². The van der Waals surface area contributed by atoms with E-state index in [4.69, 9.17) is 0 Å². The smallest absolute Gasteiger partial charge is 0 e. The zero-order valence-electron chi connectivity index (χ0n) is 8.63.